The Labute approximate surface area is 305 Å². The molecule has 0 spiro atoms. The van der Waals surface area contributed by atoms with E-state index in [0.717, 1.165) is 12.8 Å². The number of hydrogen-bond acceptors (Lipinski definition) is 11. The number of carbonyl (C=O) groups excluding carboxylic acids is 4. The van der Waals surface area contributed by atoms with Crippen LogP contribution in [0.1, 0.15) is 86.7 Å². The zero-order valence-corrected chi connectivity index (χ0v) is 30.3. The lowest BCUT2D eigenvalue weighted by atomic mass is 10.0. The Morgan fingerprint density at radius 1 is 1.11 bits per heavy atom. The van der Waals surface area contributed by atoms with E-state index in [1.807, 2.05) is 19.1 Å². The SMILES string of the molecule is CCc1cc(C(=O)N[C@H]2CCCCC/C=C\C3C[C@@]3(C(=O)NS(=O)(=O)C3CC3)NC(=O)[C@@H]3C[C@@H](Oc4nc5cc(F)ccc5nc4C)CN3C2=O)no1. The minimum absolute atomic E-state index is 0.0169. The van der Waals surface area contributed by atoms with Gasteiger partial charge in [-0.05, 0) is 57.6 Å². The molecule has 3 fully saturated rings. The van der Waals surface area contributed by atoms with Gasteiger partial charge in [0.05, 0.1) is 22.8 Å². The van der Waals surface area contributed by atoms with Crippen molar-refractivity contribution in [3.63, 3.8) is 0 Å². The van der Waals surface area contributed by atoms with Gasteiger partial charge in [-0.3, -0.25) is 23.9 Å². The van der Waals surface area contributed by atoms with Gasteiger partial charge < -0.3 is 24.8 Å². The lowest BCUT2D eigenvalue weighted by Gasteiger charge is -2.29. The van der Waals surface area contributed by atoms with Gasteiger partial charge in [-0.1, -0.05) is 37.1 Å². The van der Waals surface area contributed by atoms with E-state index in [9.17, 15) is 32.0 Å². The van der Waals surface area contributed by atoms with Gasteiger partial charge in [0.1, 0.15) is 41.0 Å². The van der Waals surface area contributed by atoms with E-state index < -0.39 is 74.4 Å². The topological polar surface area (TPSA) is 203 Å². The summed E-state index contributed by atoms with van der Waals surface area (Å²) in [4.78, 5) is 66.0. The number of nitrogens with one attached hydrogen (secondary N) is 3. The van der Waals surface area contributed by atoms with Crippen LogP contribution in [0.5, 0.6) is 5.88 Å². The number of aromatic nitrogens is 3. The number of nitrogens with zero attached hydrogens (tertiary/aromatic N) is 4. The fourth-order valence-corrected chi connectivity index (χ4v) is 8.40. The molecule has 1 saturated heterocycles. The third-order valence-electron chi connectivity index (χ3n) is 10.3. The van der Waals surface area contributed by atoms with E-state index in [4.69, 9.17) is 9.26 Å². The van der Waals surface area contributed by atoms with Gasteiger partial charge >= 0.3 is 0 Å². The smallest absolute Gasteiger partial charge is 0.274 e. The Kier molecular flexibility index (Phi) is 9.95. The molecule has 15 nitrogen and oxygen atoms in total. The van der Waals surface area contributed by atoms with E-state index in [1.165, 1.54) is 29.2 Å². The molecule has 1 unspecified atom stereocenters. The van der Waals surface area contributed by atoms with Crippen LogP contribution in [0.4, 0.5) is 4.39 Å². The second kappa shape index (κ2) is 14.5. The maximum absolute atomic E-state index is 14.5. The molecule has 4 heterocycles. The number of sulfonamides is 1. The molecule has 3 aromatic rings. The summed E-state index contributed by atoms with van der Waals surface area (Å²) in [6, 6.07) is 3.30. The molecule has 2 aliphatic carbocycles. The van der Waals surface area contributed by atoms with Crippen LogP contribution in [0.2, 0.25) is 0 Å². The summed E-state index contributed by atoms with van der Waals surface area (Å²) in [5.41, 5.74) is -0.388. The van der Waals surface area contributed by atoms with Gasteiger partial charge in [-0.15, -0.1) is 0 Å². The first kappa shape index (κ1) is 36.4. The number of carbonyl (C=O) groups is 4. The molecule has 1 aromatic carbocycles. The average molecular weight is 752 g/mol. The number of amides is 4. The van der Waals surface area contributed by atoms with Crippen LogP contribution < -0.4 is 20.1 Å². The summed E-state index contributed by atoms with van der Waals surface area (Å²) < 4.78 is 53.3. The standard InChI is InChI=1S/C36H42FN7O8S/c1-3-23-16-29(42-52-23)31(45)39-27-10-8-6-4-5-7-9-21-18-36(21,35(48)43-53(49,50)25-12-13-25)41-32(46)30-17-24(19-44(30)34(27)47)51-33-20(2)38-26-14-11-22(37)15-28(26)40-33/h7,9,11,14-16,21,24-25,27,30H,3-6,8,10,12-13,17-19H2,1-2H3,(H,39,45)(H,41,46)(H,43,48)/b9-7-/t21?,24-,27+,30+,36-/m1/s1. The van der Waals surface area contributed by atoms with Crippen LogP contribution in [0, 0.1) is 18.7 Å². The van der Waals surface area contributed by atoms with Crippen LogP contribution >= 0.6 is 0 Å². The molecule has 53 heavy (non-hydrogen) atoms. The van der Waals surface area contributed by atoms with Gasteiger partial charge in [0.15, 0.2) is 5.69 Å². The van der Waals surface area contributed by atoms with E-state index in [2.05, 4.69) is 30.5 Å². The molecule has 2 saturated carbocycles. The largest absolute Gasteiger partial charge is 0.471 e. The summed E-state index contributed by atoms with van der Waals surface area (Å²) in [5.74, 6) is -3.00. The second-order valence-corrected chi connectivity index (χ2v) is 16.3. The van der Waals surface area contributed by atoms with Crippen molar-refractivity contribution < 1.29 is 41.2 Å². The average Bonchev–Trinajstić information content (AvgIpc) is 4.00. The van der Waals surface area contributed by atoms with Gasteiger partial charge in [-0.25, -0.2) is 22.8 Å². The van der Waals surface area contributed by atoms with E-state index >= 15 is 0 Å². The number of fused-ring (bicyclic) bond motifs is 3. The molecule has 2 aromatic heterocycles. The highest BCUT2D eigenvalue weighted by Crippen LogP contribution is 2.46. The van der Waals surface area contributed by atoms with Crippen molar-refractivity contribution >= 4 is 44.7 Å². The number of ether oxygens (including phenoxy) is 1. The van der Waals surface area contributed by atoms with Crippen LogP contribution in [-0.4, -0.2) is 87.6 Å². The Morgan fingerprint density at radius 3 is 2.68 bits per heavy atom. The van der Waals surface area contributed by atoms with Crippen molar-refractivity contribution in [2.75, 3.05) is 6.54 Å². The Hall–Kier alpha value is -4.93. The molecular weight excluding hydrogens is 710 g/mol. The highest BCUT2D eigenvalue weighted by atomic mass is 32.2. The number of hydrogen-bond donors (Lipinski definition) is 3. The Morgan fingerprint density at radius 2 is 1.92 bits per heavy atom. The molecule has 5 atom stereocenters. The molecule has 7 rings (SSSR count). The van der Waals surface area contributed by atoms with Gasteiger partial charge in [0, 0.05) is 30.9 Å². The maximum atomic E-state index is 14.5. The van der Waals surface area contributed by atoms with Crippen molar-refractivity contribution in [3.8, 4) is 5.88 Å². The summed E-state index contributed by atoms with van der Waals surface area (Å²) in [6.07, 6.45) is 7.58. The normalized spacial score (nSPS) is 27.1. The predicted octanol–water partition coefficient (Wildman–Crippen LogP) is 2.78. The number of benzene rings is 1. The van der Waals surface area contributed by atoms with Crippen LogP contribution in [0.15, 0.2) is 40.9 Å². The first-order valence-electron chi connectivity index (χ1n) is 18.1. The monoisotopic (exact) mass is 751 g/mol. The van der Waals surface area contributed by atoms with Gasteiger partial charge in [0.2, 0.25) is 27.7 Å². The molecule has 4 aliphatic rings. The molecule has 0 radical (unpaired) electrons. The molecule has 17 heteroatoms. The molecule has 2 aliphatic heterocycles. The molecular formula is C36H42FN7O8S. The van der Waals surface area contributed by atoms with Crippen molar-refractivity contribution in [2.45, 2.75) is 107 Å². The second-order valence-electron chi connectivity index (χ2n) is 14.3. The fourth-order valence-electron chi connectivity index (χ4n) is 7.04. The molecule has 282 valence electrons. The highest BCUT2D eigenvalue weighted by molar-refractivity contribution is 7.91. The number of aryl methyl sites for hydroxylation is 2. The van der Waals surface area contributed by atoms with Crippen LogP contribution in [0.25, 0.3) is 11.0 Å². The van der Waals surface area contributed by atoms with Crippen molar-refractivity contribution in [1.82, 2.24) is 35.4 Å². The first-order valence-corrected chi connectivity index (χ1v) is 19.6. The zero-order chi connectivity index (χ0) is 37.5. The summed E-state index contributed by atoms with van der Waals surface area (Å²) in [6.45, 7) is 3.44. The lowest BCUT2D eigenvalue weighted by molar-refractivity contribution is -0.141. The predicted molar refractivity (Wildman–Crippen MR) is 187 cm³/mol. The Balaban J connectivity index is 1.19. The summed E-state index contributed by atoms with van der Waals surface area (Å²) in [5, 5.41) is 8.83. The molecule has 0 bridgehead atoms. The van der Waals surface area contributed by atoms with E-state index in [-0.39, 0.29) is 42.9 Å². The van der Waals surface area contributed by atoms with Crippen molar-refractivity contribution in [3.05, 3.63) is 59.4 Å². The fraction of sp³-hybridized carbons (Fsp3) is 0.528. The summed E-state index contributed by atoms with van der Waals surface area (Å²) >= 11 is 0. The number of halogens is 1. The minimum atomic E-state index is -3.91. The van der Waals surface area contributed by atoms with Crippen molar-refractivity contribution in [2.24, 2.45) is 5.92 Å². The van der Waals surface area contributed by atoms with Gasteiger partial charge in [0.25, 0.3) is 11.8 Å². The first-order chi connectivity index (χ1) is 25.4. The van der Waals surface area contributed by atoms with Gasteiger partial charge in [-0.2, -0.15) is 0 Å². The van der Waals surface area contributed by atoms with E-state index in [1.54, 1.807) is 6.92 Å². The van der Waals surface area contributed by atoms with Crippen LogP contribution in [0.3, 0.4) is 0 Å². The molecule has 3 N–H and O–H groups in total. The van der Waals surface area contributed by atoms with Crippen molar-refractivity contribution in [1.29, 1.82) is 0 Å². The number of rotatable bonds is 8. The van der Waals surface area contributed by atoms with E-state index in [0.29, 0.717) is 49.1 Å². The molecule has 4 amide bonds. The highest BCUT2D eigenvalue weighted by Gasteiger charge is 2.62. The zero-order valence-electron chi connectivity index (χ0n) is 29.5. The third kappa shape index (κ3) is 7.75. The minimum Gasteiger partial charge on any atom is -0.471 e. The lowest BCUT2D eigenvalue weighted by Crippen LogP contribution is -2.58. The van der Waals surface area contributed by atoms with Crippen LogP contribution in [-0.2, 0) is 30.8 Å². The quantitative estimate of drug-likeness (QED) is 0.286. The number of allylic oxidation sites excluding steroid dienone is 1. The maximum Gasteiger partial charge on any atom is 0.274 e. The summed E-state index contributed by atoms with van der Waals surface area (Å²) in [7, 11) is -3.91. The Bertz CT molecular complexity index is 2090. The third-order valence-corrected chi connectivity index (χ3v) is 12.1.